The van der Waals surface area contributed by atoms with E-state index in [0.29, 0.717) is 0 Å². The van der Waals surface area contributed by atoms with E-state index in [2.05, 4.69) is 0 Å². The molecule has 0 nitrogen and oxygen atoms in total. The largest absolute Gasteiger partial charge is 0.416 e. The highest BCUT2D eigenvalue weighted by molar-refractivity contribution is 6.67. The van der Waals surface area contributed by atoms with Crippen LogP contribution in [0, 0.1) is 0 Å². The number of benzene rings is 2. The van der Waals surface area contributed by atoms with Crippen LogP contribution in [-0.2, 0) is 12.4 Å². The summed E-state index contributed by atoms with van der Waals surface area (Å²) in [5.41, 5.74) is -1.46. The molecule has 21 heavy (non-hydrogen) atoms. The van der Waals surface area contributed by atoms with Gasteiger partial charge in [0.25, 0.3) is 0 Å². The van der Waals surface area contributed by atoms with E-state index in [1.165, 1.54) is 24.3 Å². The minimum Gasteiger partial charge on any atom is -0.166 e. The molecule has 0 N–H and O–H groups in total. The topological polar surface area (TPSA) is 0 Å². The molecule has 0 saturated carbocycles. The van der Waals surface area contributed by atoms with Crippen LogP contribution in [0.2, 0.25) is 0 Å². The molecular weight excluding hydrogens is 310 g/mol. The van der Waals surface area contributed by atoms with E-state index in [9.17, 15) is 26.3 Å². The summed E-state index contributed by atoms with van der Waals surface area (Å²) in [6, 6.07) is 9.50. The van der Waals surface area contributed by atoms with Crippen molar-refractivity contribution in [3.63, 3.8) is 0 Å². The van der Waals surface area contributed by atoms with Crippen LogP contribution in [0.15, 0.2) is 48.5 Å². The molecule has 0 aliphatic heterocycles. The molecule has 112 valence electrons. The van der Waals surface area contributed by atoms with Crippen molar-refractivity contribution in [2.24, 2.45) is 0 Å². The molecule has 7 heteroatoms. The second-order valence-corrected chi connectivity index (χ2v) is 6.55. The second-order valence-electron chi connectivity index (χ2n) is 4.57. The molecule has 0 heterocycles. The van der Waals surface area contributed by atoms with Gasteiger partial charge in [-0.3, -0.25) is 0 Å². The Morgan fingerprint density at radius 2 is 0.810 bits per heavy atom. The van der Waals surface area contributed by atoms with Crippen LogP contribution in [0.5, 0.6) is 0 Å². The lowest BCUT2D eigenvalue weighted by molar-refractivity contribution is -0.138. The fraction of sp³-hybridized carbons (Fsp3) is 0.143. The van der Waals surface area contributed by atoms with Gasteiger partial charge < -0.3 is 0 Å². The van der Waals surface area contributed by atoms with Gasteiger partial charge in [0.1, 0.15) is 0 Å². The third kappa shape index (κ3) is 4.10. The van der Waals surface area contributed by atoms with Gasteiger partial charge in [-0.05, 0) is 0 Å². The number of rotatable bonds is 2. The van der Waals surface area contributed by atoms with Crippen molar-refractivity contribution < 1.29 is 26.3 Å². The van der Waals surface area contributed by atoms with Crippen LogP contribution in [0.4, 0.5) is 26.3 Å². The zero-order valence-corrected chi connectivity index (χ0v) is 12.0. The maximum Gasteiger partial charge on any atom is 0.416 e. The summed E-state index contributed by atoms with van der Waals surface area (Å²) in [5, 5.41) is 1.48. The Hall–Kier alpha value is -1.76. The molecule has 0 aliphatic rings. The third-order valence-electron chi connectivity index (χ3n) is 2.97. The lowest BCUT2D eigenvalue weighted by atomic mass is 10.2. The monoisotopic (exact) mass is 320 g/mol. The second kappa shape index (κ2) is 5.55. The molecule has 0 radical (unpaired) electrons. The maximum absolute atomic E-state index is 12.4. The highest BCUT2D eigenvalue weighted by Gasteiger charge is 2.30. The van der Waals surface area contributed by atoms with E-state index in [1.807, 2.05) is 0 Å². The van der Waals surface area contributed by atoms with Gasteiger partial charge in [-0.15, -0.1) is 0 Å². The smallest absolute Gasteiger partial charge is 0.166 e. The van der Waals surface area contributed by atoms with Gasteiger partial charge in [-0.25, -0.2) is 0 Å². The van der Waals surface area contributed by atoms with Crippen LogP contribution >= 0.6 is 0 Å². The van der Waals surface area contributed by atoms with E-state index in [-0.39, 0.29) is 0 Å². The van der Waals surface area contributed by atoms with E-state index < -0.39 is 33.0 Å². The van der Waals surface area contributed by atoms with Gasteiger partial charge >= 0.3 is 12.4 Å². The predicted molar refractivity (Wildman–Crippen MR) is 70.7 cm³/mol. The number of hydrogen-bond donors (Lipinski definition) is 0. The Morgan fingerprint density at radius 1 is 0.524 bits per heavy atom. The fourth-order valence-electron chi connectivity index (χ4n) is 1.86. The fourth-order valence-corrected chi connectivity index (χ4v) is 3.27. The number of alkyl halides is 6. The van der Waals surface area contributed by atoms with Gasteiger partial charge in [-0.1, -0.05) is 58.9 Å². The molecule has 0 saturated heterocycles. The number of halogens is 6. The predicted octanol–water partition coefficient (Wildman–Crippen LogP) is 2.84. The Balaban J connectivity index is 2.12. The minimum atomic E-state index is -4.38. The Labute approximate surface area is 119 Å². The standard InChI is InChI=1S/C14H10F6Si/c15-13(16,17)9-1-5-11(6-2-9)21-12-7-3-10(4-8-12)14(18,19)20/h1-8H,21H2. The SMILES string of the molecule is FC(F)(F)c1ccc([SiH2]c2ccc(C(F)(F)F)cc2)cc1. The van der Waals surface area contributed by atoms with Crippen molar-refractivity contribution in [2.75, 3.05) is 0 Å². The van der Waals surface area contributed by atoms with Gasteiger partial charge in [-0.2, -0.15) is 26.3 Å². The zero-order chi connectivity index (χ0) is 15.7. The summed E-state index contributed by atoms with van der Waals surface area (Å²) in [6.45, 7) is 0. The van der Waals surface area contributed by atoms with Crippen LogP contribution in [0.3, 0.4) is 0 Å². The molecule has 0 fully saturated rings. The summed E-state index contributed by atoms with van der Waals surface area (Å²) in [5.74, 6) is 0. The average molecular weight is 320 g/mol. The van der Waals surface area contributed by atoms with Crippen LogP contribution in [0.25, 0.3) is 0 Å². The molecule has 2 aromatic carbocycles. The van der Waals surface area contributed by atoms with E-state index >= 15 is 0 Å². The molecule has 2 aromatic rings. The van der Waals surface area contributed by atoms with Crippen molar-refractivity contribution in [3.05, 3.63) is 59.7 Å². The van der Waals surface area contributed by atoms with Gasteiger partial charge in [0.05, 0.1) is 20.6 Å². The van der Waals surface area contributed by atoms with Crippen molar-refractivity contribution >= 4 is 19.9 Å². The molecule has 0 aliphatic carbocycles. The summed E-state index contributed by atoms with van der Waals surface area (Å²) in [7, 11) is -1.09. The minimum absolute atomic E-state index is 0.729. The van der Waals surface area contributed by atoms with Crippen molar-refractivity contribution in [3.8, 4) is 0 Å². The van der Waals surface area contributed by atoms with Crippen LogP contribution in [0.1, 0.15) is 11.1 Å². The molecule has 0 spiro atoms. The lowest BCUT2D eigenvalue weighted by Crippen LogP contribution is -2.27. The first-order valence-electron chi connectivity index (χ1n) is 5.98. The van der Waals surface area contributed by atoms with Gasteiger partial charge in [0, 0.05) is 0 Å². The number of hydrogen-bond acceptors (Lipinski definition) is 0. The van der Waals surface area contributed by atoms with E-state index in [0.717, 1.165) is 34.6 Å². The van der Waals surface area contributed by atoms with Crippen LogP contribution in [-0.4, -0.2) is 9.52 Å². The van der Waals surface area contributed by atoms with Gasteiger partial charge in [0.15, 0.2) is 0 Å². The molecule has 0 atom stereocenters. The normalized spacial score (nSPS) is 12.5. The highest BCUT2D eigenvalue weighted by Crippen LogP contribution is 2.29. The lowest BCUT2D eigenvalue weighted by Gasteiger charge is -2.09. The Bertz CT molecular complexity index is 540. The quantitative estimate of drug-likeness (QED) is 0.590. The van der Waals surface area contributed by atoms with E-state index in [1.54, 1.807) is 0 Å². The molecule has 0 bridgehead atoms. The third-order valence-corrected chi connectivity index (χ3v) is 4.73. The Morgan fingerprint density at radius 3 is 1.05 bits per heavy atom. The summed E-state index contributed by atoms with van der Waals surface area (Å²) in [4.78, 5) is 0. The van der Waals surface area contributed by atoms with Crippen molar-refractivity contribution in [2.45, 2.75) is 12.4 Å². The first-order chi connectivity index (χ1) is 9.66. The van der Waals surface area contributed by atoms with Crippen molar-refractivity contribution in [1.29, 1.82) is 0 Å². The first-order valence-corrected chi connectivity index (χ1v) is 7.40. The molecular formula is C14H10F6Si. The molecule has 2 rings (SSSR count). The zero-order valence-electron chi connectivity index (χ0n) is 10.6. The maximum atomic E-state index is 12.4. The molecule has 0 unspecified atom stereocenters. The average Bonchev–Trinajstić information content (AvgIpc) is 2.38. The van der Waals surface area contributed by atoms with Gasteiger partial charge in [0.2, 0.25) is 0 Å². The summed E-state index contributed by atoms with van der Waals surface area (Å²) < 4.78 is 74.4. The van der Waals surface area contributed by atoms with Crippen LogP contribution < -0.4 is 10.4 Å². The highest BCUT2D eigenvalue weighted by atomic mass is 28.2. The molecule has 0 amide bonds. The van der Waals surface area contributed by atoms with Crippen molar-refractivity contribution in [1.82, 2.24) is 0 Å². The summed E-state index contributed by atoms with van der Waals surface area (Å²) in [6.07, 6.45) is -8.76. The molecule has 0 aromatic heterocycles. The first kappa shape index (κ1) is 15.6. The summed E-state index contributed by atoms with van der Waals surface area (Å²) >= 11 is 0. The van der Waals surface area contributed by atoms with E-state index in [4.69, 9.17) is 0 Å². The Kier molecular flexibility index (Phi) is 4.13.